The average Bonchev–Trinajstić information content (AvgIpc) is 3.05. The molecule has 1 saturated heterocycles. The Morgan fingerprint density at radius 1 is 1.03 bits per heavy atom. The zero-order valence-electron chi connectivity index (χ0n) is 24.1. The van der Waals surface area contributed by atoms with Crippen LogP contribution in [0.5, 0.6) is 11.5 Å². The van der Waals surface area contributed by atoms with Crippen LogP contribution in [0.4, 0.5) is 19.8 Å². The number of halogens is 1. The van der Waals surface area contributed by atoms with Crippen molar-refractivity contribution in [3.05, 3.63) is 41.8 Å². The minimum absolute atomic E-state index is 0.00251. The first-order valence-electron chi connectivity index (χ1n) is 12.5. The van der Waals surface area contributed by atoms with Crippen molar-refractivity contribution in [3.63, 3.8) is 0 Å². The molecule has 2 amide bonds. The lowest BCUT2D eigenvalue weighted by molar-refractivity contribution is 0.00578. The molecular weight excluding hydrogens is 510 g/mol. The van der Waals surface area contributed by atoms with Crippen LogP contribution in [0.25, 0.3) is 0 Å². The number of rotatable bonds is 6. The first-order valence-corrected chi connectivity index (χ1v) is 12.5. The summed E-state index contributed by atoms with van der Waals surface area (Å²) in [6.07, 6.45) is -1.45. The summed E-state index contributed by atoms with van der Waals surface area (Å²) in [5.41, 5.74) is -1.32. The zero-order chi connectivity index (χ0) is 29.3. The molecule has 1 atom stereocenters. The van der Waals surface area contributed by atoms with Crippen LogP contribution in [0.3, 0.4) is 0 Å². The van der Waals surface area contributed by atoms with Gasteiger partial charge in [-0.05, 0) is 79.7 Å². The van der Waals surface area contributed by atoms with Crippen molar-refractivity contribution in [1.82, 2.24) is 4.98 Å². The largest absolute Gasteiger partial charge is 0.496 e. The SMILES string of the molecule is COC(=O)N(C(=O)OC(C)(C)C)c1ncc(B2OC(C)(C)C(C)(C)O2)cc1OC(C)c1cc(F)ccc1OC. The molecule has 1 aliphatic rings. The van der Waals surface area contributed by atoms with Crippen molar-refractivity contribution in [3.8, 4) is 11.5 Å². The fourth-order valence-corrected chi connectivity index (χ4v) is 3.74. The molecule has 2 aromatic rings. The van der Waals surface area contributed by atoms with Crippen LogP contribution in [0.2, 0.25) is 0 Å². The molecule has 0 N–H and O–H groups in total. The van der Waals surface area contributed by atoms with E-state index in [2.05, 4.69) is 4.98 Å². The molecule has 10 nitrogen and oxygen atoms in total. The van der Waals surface area contributed by atoms with Crippen molar-refractivity contribution in [2.75, 3.05) is 19.1 Å². The van der Waals surface area contributed by atoms with Crippen LogP contribution in [0.1, 0.15) is 67.1 Å². The van der Waals surface area contributed by atoms with E-state index in [-0.39, 0.29) is 11.6 Å². The number of benzene rings is 1. The highest BCUT2D eigenvalue weighted by molar-refractivity contribution is 6.62. The van der Waals surface area contributed by atoms with Gasteiger partial charge in [0.05, 0.1) is 25.4 Å². The van der Waals surface area contributed by atoms with Crippen molar-refractivity contribution < 1.29 is 42.2 Å². The van der Waals surface area contributed by atoms with E-state index < -0.39 is 48.0 Å². The van der Waals surface area contributed by atoms with Crippen LogP contribution in [0, 0.1) is 5.82 Å². The van der Waals surface area contributed by atoms with E-state index in [1.807, 2.05) is 27.7 Å². The lowest BCUT2D eigenvalue weighted by atomic mass is 9.80. The Balaban J connectivity index is 2.13. The predicted octanol–water partition coefficient (Wildman–Crippen LogP) is 5.18. The molecule has 1 aromatic carbocycles. The molecule has 2 heterocycles. The van der Waals surface area contributed by atoms with Crippen molar-refractivity contribution in [2.45, 2.75) is 78.3 Å². The summed E-state index contributed by atoms with van der Waals surface area (Å²) in [6, 6.07) is 5.57. The predicted molar refractivity (Wildman–Crippen MR) is 143 cm³/mol. The summed E-state index contributed by atoms with van der Waals surface area (Å²) in [4.78, 5) is 30.9. The van der Waals surface area contributed by atoms with Crippen molar-refractivity contribution in [1.29, 1.82) is 0 Å². The first kappa shape index (κ1) is 30.2. The number of amides is 2. The van der Waals surface area contributed by atoms with Gasteiger partial charge in [0, 0.05) is 17.2 Å². The molecule has 12 heteroatoms. The summed E-state index contributed by atoms with van der Waals surface area (Å²) in [7, 11) is 1.77. The van der Waals surface area contributed by atoms with Gasteiger partial charge in [-0.1, -0.05) is 0 Å². The van der Waals surface area contributed by atoms with E-state index in [0.717, 1.165) is 7.11 Å². The number of carbonyl (C=O) groups excluding carboxylic acids is 2. The van der Waals surface area contributed by atoms with E-state index in [0.29, 0.717) is 21.7 Å². The minimum Gasteiger partial charge on any atom is -0.496 e. The molecule has 3 rings (SSSR count). The van der Waals surface area contributed by atoms with Crippen molar-refractivity contribution in [2.24, 2.45) is 0 Å². The zero-order valence-corrected chi connectivity index (χ0v) is 24.1. The smallest absolute Gasteiger partial charge is 0.496 e. The second-order valence-corrected chi connectivity index (χ2v) is 11.1. The highest BCUT2D eigenvalue weighted by Crippen LogP contribution is 2.38. The number of aromatic nitrogens is 1. The van der Waals surface area contributed by atoms with Crippen LogP contribution >= 0.6 is 0 Å². The Kier molecular flexibility index (Phi) is 8.52. The van der Waals surface area contributed by atoms with Gasteiger partial charge in [0.1, 0.15) is 23.3 Å². The van der Waals surface area contributed by atoms with Crippen LogP contribution in [-0.4, -0.2) is 55.3 Å². The molecule has 212 valence electrons. The van der Waals surface area contributed by atoms with Gasteiger partial charge in [0.25, 0.3) is 0 Å². The Bertz CT molecular complexity index is 1210. The van der Waals surface area contributed by atoms with E-state index in [9.17, 15) is 14.0 Å². The molecular formula is C27H36BFN2O8. The Morgan fingerprint density at radius 2 is 1.64 bits per heavy atom. The van der Waals surface area contributed by atoms with Gasteiger partial charge in [-0.2, -0.15) is 4.90 Å². The molecule has 0 aliphatic carbocycles. The van der Waals surface area contributed by atoms with Crippen LogP contribution in [0.15, 0.2) is 30.5 Å². The number of methoxy groups -OCH3 is 2. The maximum absolute atomic E-state index is 14.1. The number of anilines is 1. The highest BCUT2D eigenvalue weighted by Gasteiger charge is 2.52. The Hall–Kier alpha value is -3.38. The van der Waals surface area contributed by atoms with E-state index in [1.54, 1.807) is 33.8 Å². The van der Waals surface area contributed by atoms with E-state index in [4.69, 9.17) is 28.3 Å². The Morgan fingerprint density at radius 3 is 2.18 bits per heavy atom. The van der Waals surface area contributed by atoms with Gasteiger partial charge in [-0.15, -0.1) is 0 Å². The second-order valence-electron chi connectivity index (χ2n) is 11.1. The standard InChI is InChI=1S/C27H36BFN2O8/c1-16(19-14-18(29)11-12-20(19)34-9)36-21-13-17(28-38-26(5,6)27(7,8)39-28)15-30-22(21)31(23(32)35-10)24(33)37-25(2,3)4/h11-16H,1-10H3. The number of ether oxygens (including phenoxy) is 4. The third kappa shape index (κ3) is 6.62. The molecule has 0 saturated carbocycles. The lowest BCUT2D eigenvalue weighted by Gasteiger charge is -2.32. The summed E-state index contributed by atoms with van der Waals surface area (Å²) >= 11 is 0. The maximum Gasteiger partial charge on any atom is 0.496 e. The summed E-state index contributed by atoms with van der Waals surface area (Å²) in [6.45, 7) is 14.3. The first-order chi connectivity index (χ1) is 18.0. The number of hydrogen-bond acceptors (Lipinski definition) is 9. The fourth-order valence-electron chi connectivity index (χ4n) is 3.74. The lowest BCUT2D eigenvalue weighted by Crippen LogP contribution is -2.42. The number of carbonyl (C=O) groups is 2. The topological polar surface area (TPSA) is 106 Å². The second kappa shape index (κ2) is 11.0. The molecule has 0 spiro atoms. The summed E-state index contributed by atoms with van der Waals surface area (Å²) in [5.74, 6) is -0.302. The molecule has 39 heavy (non-hydrogen) atoms. The van der Waals surface area contributed by atoms with E-state index >= 15 is 0 Å². The normalized spacial score (nSPS) is 16.8. The number of nitrogens with zero attached hydrogens (tertiary/aromatic N) is 2. The molecule has 1 aromatic heterocycles. The van der Waals surface area contributed by atoms with Crippen molar-refractivity contribution >= 4 is 30.6 Å². The van der Waals surface area contributed by atoms with E-state index in [1.165, 1.54) is 31.5 Å². The summed E-state index contributed by atoms with van der Waals surface area (Å²) < 4.78 is 48.3. The average molecular weight is 546 g/mol. The van der Waals surface area contributed by atoms with Gasteiger partial charge in [0.15, 0.2) is 11.6 Å². The number of imide groups is 1. The van der Waals surface area contributed by atoms with Gasteiger partial charge >= 0.3 is 19.3 Å². The third-order valence-electron chi connectivity index (χ3n) is 6.46. The maximum atomic E-state index is 14.1. The van der Waals surface area contributed by atoms with Gasteiger partial charge in [-0.25, -0.2) is 19.0 Å². The molecule has 0 bridgehead atoms. The fraction of sp³-hybridized carbons (Fsp3) is 0.519. The van der Waals surface area contributed by atoms with Crippen LogP contribution < -0.4 is 19.8 Å². The highest BCUT2D eigenvalue weighted by atomic mass is 19.1. The Labute approximate surface area is 228 Å². The molecule has 1 aliphatic heterocycles. The molecule has 1 fully saturated rings. The monoisotopic (exact) mass is 546 g/mol. The minimum atomic E-state index is -1.04. The van der Waals surface area contributed by atoms with Gasteiger partial charge in [0.2, 0.25) is 0 Å². The van der Waals surface area contributed by atoms with Gasteiger partial charge in [-0.3, -0.25) is 0 Å². The van der Waals surface area contributed by atoms with Crippen LogP contribution in [-0.2, 0) is 18.8 Å². The quantitative estimate of drug-likeness (QED) is 0.454. The number of pyridine rings is 1. The number of hydrogen-bond donors (Lipinski definition) is 0. The molecule has 0 radical (unpaired) electrons. The molecule has 1 unspecified atom stereocenters. The summed E-state index contributed by atoms with van der Waals surface area (Å²) in [5, 5.41) is 0. The van der Waals surface area contributed by atoms with Gasteiger partial charge < -0.3 is 28.3 Å². The third-order valence-corrected chi connectivity index (χ3v) is 6.46.